The van der Waals surface area contributed by atoms with Gasteiger partial charge < -0.3 is 9.42 Å². The third-order valence-electron chi connectivity index (χ3n) is 2.84. The molecule has 1 N–H and O–H groups in total. The summed E-state index contributed by atoms with van der Waals surface area (Å²) < 4.78 is 17.9. The van der Waals surface area contributed by atoms with Crippen molar-refractivity contribution < 1.29 is 14.0 Å². The van der Waals surface area contributed by atoms with Crippen molar-refractivity contribution in [3.8, 4) is 5.75 Å². The van der Waals surface area contributed by atoms with Crippen LogP contribution in [0.2, 0.25) is 0 Å². The molecule has 3 rings (SSSR count). The van der Waals surface area contributed by atoms with Gasteiger partial charge in [-0.3, -0.25) is 0 Å². The van der Waals surface area contributed by atoms with Crippen molar-refractivity contribution in [3.05, 3.63) is 69.9 Å². The van der Waals surface area contributed by atoms with Gasteiger partial charge in [-0.05, 0) is 23.8 Å². The van der Waals surface area contributed by atoms with Gasteiger partial charge in [-0.1, -0.05) is 46.3 Å². The lowest BCUT2D eigenvalue weighted by Gasteiger charge is -2.22. The van der Waals surface area contributed by atoms with Crippen molar-refractivity contribution in [3.63, 3.8) is 0 Å². The Balaban J connectivity index is 2.23. The fourth-order valence-corrected chi connectivity index (χ4v) is 3.48. The third-order valence-corrected chi connectivity index (χ3v) is 4.38. The van der Waals surface area contributed by atoms with Crippen LogP contribution >= 0.6 is 23.5 Å². The molecule has 1 heterocycles. The lowest BCUT2D eigenvalue weighted by atomic mass is 9.99. The van der Waals surface area contributed by atoms with Gasteiger partial charge >= 0.3 is 7.60 Å². The van der Waals surface area contributed by atoms with Crippen molar-refractivity contribution in [2.24, 2.45) is 0 Å². The first-order chi connectivity index (χ1) is 9.05. The van der Waals surface area contributed by atoms with E-state index in [1.165, 1.54) is 5.82 Å². The number of halogens is 1. The second-order valence-corrected chi connectivity index (χ2v) is 6.69. The molecule has 0 radical (unpaired) electrons. The highest BCUT2D eigenvalue weighted by Gasteiger charge is 2.28. The maximum Gasteiger partial charge on any atom is 0.401 e. The molecule has 0 spiro atoms. The van der Waals surface area contributed by atoms with E-state index < -0.39 is 7.60 Å². The van der Waals surface area contributed by atoms with Gasteiger partial charge in [0.1, 0.15) is 5.75 Å². The summed E-state index contributed by atoms with van der Waals surface area (Å²) in [5, 5.41) is 0. The predicted octanol–water partition coefficient (Wildman–Crippen LogP) is 4.42. The summed E-state index contributed by atoms with van der Waals surface area (Å²) in [4.78, 5) is 9.79. The first-order valence-electron chi connectivity index (χ1n) is 5.65. The van der Waals surface area contributed by atoms with E-state index in [0.29, 0.717) is 5.75 Å². The summed E-state index contributed by atoms with van der Waals surface area (Å²) in [6.07, 6.45) is 0. The van der Waals surface area contributed by atoms with Crippen LogP contribution in [0.4, 0.5) is 0 Å². The van der Waals surface area contributed by atoms with Crippen LogP contribution in [-0.2, 0) is 4.57 Å². The summed E-state index contributed by atoms with van der Waals surface area (Å²) in [7, 11) is -3.74. The van der Waals surface area contributed by atoms with Gasteiger partial charge in [0, 0.05) is 21.4 Å². The topological polar surface area (TPSA) is 46.5 Å². The minimum Gasteiger partial charge on any atom is -0.421 e. The Morgan fingerprint density at radius 1 is 1.11 bits per heavy atom. The van der Waals surface area contributed by atoms with E-state index in [1.54, 1.807) is 6.07 Å². The van der Waals surface area contributed by atoms with Gasteiger partial charge in [-0.15, -0.1) is 0 Å². The van der Waals surface area contributed by atoms with Crippen molar-refractivity contribution in [2.75, 3.05) is 0 Å². The van der Waals surface area contributed by atoms with E-state index >= 15 is 0 Å². The van der Waals surface area contributed by atoms with Gasteiger partial charge in [0.25, 0.3) is 0 Å². The molecule has 0 amide bonds. The second-order valence-electron chi connectivity index (χ2n) is 4.20. The number of rotatable bonds is 1. The maximum atomic E-state index is 11.9. The molecule has 0 aliphatic carbocycles. The zero-order chi connectivity index (χ0) is 13.5. The molecule has 19 heavy (non-hydrogen) atoms. The highest BCUT2D eigenvalue weighted by molar-refractivity contribution is 9.10. The van der Waals surface area contributed by atoms with Gasteiger partial charge in [-0.2, -0.15) is 0 Å². The SMILES string of the molecule is O=P1(O)C=C(c2ccccc2)c2ccc(Br)cc2O1. The van der Waals surface area contributed by atoms with Crippen LogP contribution in [0.25, 0.3) is 5.57 Å². The maximum absolute atomic E-state index is 11.9. The predicted molar refractivity (Wildman–Crippen MR) is 78.1 cm³/mol. The molecule has 0 bridgehead atoms. The first kappa shape index (κ1) is 12.7. The smallest absolute Gasteiger partial charge is 0.401 e. The largest absolute Gasteiger partial charge is 0.421 e. The minimum atomic E-state index is -3.74. The van der Waals surface area contributed by atoms with Crippen molar-refractivity contribution in [1.82, 2.24) is 0 Å². The standard InChI is InChI=1S/C14H10BrO3P/c15-11-6-7-12-13(10-4-2-1-3-5-10)9-19(16,17)18-14(12)8-11/h1-9H,(H,16,17). The zero-order valence-electron chi connectivity index (χ0n) is 9.79. The van der Waals surface area contributed by atoms with E-state index in [4.69, 9.17) is 4.52 Å². The minimum absolute atomic E-state index is 0.418. The molecule has 1 aliphatic heterocycles. The van der Waals surface area contributed by atoms with E-state index in [2.05, 4.69) is 15.9 Å². The average molecular weight is 337 g/mol. The molecule has 3 nitrogen and oxygen atoms in total. The Morgan fingerprint density at radius 2 is 1.84 bits per heavy atom. The van der Waals surface area contributed by atoms with Gasteiger partial charge in [0.15, 0.2) is 0 Å². The Morgan fingerprint density at radius 3 is 2.58 bits per heavy atom. The number of hydrogen-bond donors (Lipinski definition) is 1. The molecular formula is C14H10BrO3P. The number of hydrogen-bond acceptors (Lipinski definition) is 2. The highest BCUT2D eigenvalue weighted by Crippen LogP contribution is 2.54. The molecule has 5 heteroatoms. The highest BCUT2D eigenvalue weighted by atomic mass is 79.9. The first-order valence-corrected chi connectivity index (χ1v) is 8.09. The van der Waals surface area contributed by atoms with E-state index in [1.807, 2.05) is 42.5 Å². The molecule has 0 saturated heterocycles. The van der Waals surface area contributed by atoms with E-state index in [-0.39, 0.29) is 0 Å². The summed E-state index contributed by atoms with van der Waals surface area (Å²) >= 11 is 3.33. The fourth-order valence-electron chi connectivity index (χ4n) is 2.04. The van der Waals surface area contributed by atoms with Gasteiger partial charge in [0.2, 0.25) is 0 Å². The number of fused-ring (bicyclic) bond motifs is 1. The molecular weight excluding hydrogens is 327 g/mol. The molecule has 1 unspecified atom stereocenters. The van der Waals surface area contributed by atoms with Crippen LogP contribution in [0.15, 0.2) is 58.8 Å². The fraction of sp³-hybridized carbons (Fsp3) is 0. The van der Waals surface area contributed by atoms with Crippen LogP contribution in [0.3, 0.4) is 0 Å². The lowest BCUT2D eigenvalue weighted by Crippen LogP contribution is -2.01. The summed E-state index contributed by atoms with van der Waals surface area (Å²) in [5.74, 6) is 1.72. The van der Waals surface area contributed by atoms with Crippen LogP contribution in [-0.4, -0.2) is 4.89 Å². The van der Waals surface area contributed by atoms with Gasteiger partial charge in [0.05, 0.1) is 0 Å². The summed E-state index contributed by atoms with van der Waals surface area (Å²) in [6.45, 7) is 0. The van der Waals surface area contributed by atoms with Crippen molar-refractivity contribution in [2.45, 2.75) is 0 Å². The Labute approximate surface area is 119 Å². The Kier molecular flexibility index (Phi) is 3.09. The van der Waals surface area contributed by atoms with E-state index in [0.717, 1.165) is 21.2 Å². The normalized spacial score (nSPS) is 21.3. The molecule has 1 atom stereocenters. The lowest BCUT2D eigenvalue weighted by molar-refractivity contribution is 0.390. The molecule has 96 valence electrons. The molecule has 0 saturated carbocycles. The molecule has 0 fully saturated rings. The van der Waals surface area contributed by atoms with Crippen molar-refractivity contribution >= 4 is 29.1 Å². The average Bonchev–Trinajstić information content (AvgIpc) is 2.37. The summed E-state index contributed by atoms with van der Waals surface area (Å²) in [5.41, 5.74) is 2.43. The zero-order valence-corrected chi connectivity index (χ0v) is 12.3. The Bertz CT molecular complexity index is 710. The van der Waals surface area contributed by atoms with E-state index in [9.17, 15) is 9.46 Å². The summed E-state index contributed by atoms with van der Waals surface area (Å²) in [6, 6.07) is 15.0. The molecule has 0 aromatic heterocycles. The molecule has 2 aromatic carbocycles. The molecule has 1 aliphatic rings. The number of benzene rings is 2. The Hall–Kier alpha value is -1.35. The van der Waals surface area contributed by atoms with Crippen LogP contribution in [0, 0.1) is 0 Å². The third kappa shape index (κ3) is 2.52. The van der Waals surface area contributed by atoms with Crippen LogP contribution in [0.5, 0.6) is 5.75 Å². The van der Waals surface area contributed by atoms with Crippen LogP contribution in [0.1, 0.15) is 11.1 Å². The molecule has 2 aromatic rings. The van der Waals surface area contributed by atoms with Crippen LogP contribution < -0.4 is 4.52 Å². The second kappa shape index (κ2) is 4.64. The monoisotopic (exact) mass is 336 g/mol. The quantitative estimate of drug-likeness (QED) is 0.784. The van der Waals surface area contributed by atoms with Crippen molar-refractivity contribution in [1.29, 1.82) is 0 Å². The van der Waals surface area contributed by atoms with Gasteiger partial charge in [-0.25, -0.2) is 4.57 Å².